The lowest BCUT2D eigenvalue weighted by Gasteiger charge is -2.29. The fraction of sp³-hybridized carbons (Fsp3) is 0.389. The van der Waals surface area contributed by atoms with E-state index in [0.717, 1.165) is 12.8 Å². The molecule has 134 valence electrons. The third-order valence-electron chi connectivity index (χ3n) is 4.85. The molecule has 3 atom stereocenters. The van der Waals surface area contributed by atoms with Gasteiger partial charge in [0.05, 0.1) is 22.3 Å². The number of fused-ring (bicyclic) bond motifs is 2. The molecule has 0 aliphatic carbocycles. The number of anilines is 2. The number of nitriles is 1. The third kappa shape index (κ3) is 3.39. The van der Waals surface area contributed by atoms with Crippen molar-refractivity contribution in [3.05, 3.63) is 35.1 Å². The lowest BCUT2D eigenvalue weighted by atomic mass is 10.0. The summed E-state index contributed by atoms with van der Waals surface area (Å²) in [6, 6.07) is 7.83. The van der Waals surface area contributed by atoms with Gasteiger partial charge >= 0.3 is 0 Å². The molecule has 1 aromatic carbocycles. The first-order valence-corrected chi connectivity index (χ1v) is 8.93. The van der Waals surface area contributed by atoms with Crippen molar-refractivity contribution < 1.29 is 9.84 Å². The van der Waals surface area contributed by atoms with Crippen LogP contribution in [0.25, 0.3) is 0 Å². The van der Waals surface area contributed by atoms with Crippen LogP contribution in [0.2, 0.25) is 5.02 Å². The van der Waals surface area contributed by atoms with E-state index in [-0.39, 0.29) is 23.6 Å². The van der Waals surface area contributed by atoms with Crippen LogP contribution >= 0.6 is 11.6 Å². The van der Waals surface area contributed by atoms with Crippen LogP contribution < -0.4 is 15.4 Å². The zero-order valence-electron chi connectivity index (χ0n) is 13.9. The Bertz CT molecular complexity index is 857. The maximum atomic E-state index is 10.5. The van der Waals surface area contributed by atoms with Crippen LogP contribution in [0.3, 0.4) is 0 Å². The maximum absolute atomic E-state index is 10.5. The molecule has 0 saturated carbocycles. The Labute approximate surface area is 156 Å². The minimum absolute atomic E-state index is 0.0286. The van der Waals surface area contributed by atoms with Crippen LogP contribution in [-0.4, -0.2) is 33.3 Å². The van der Waals surface area contributed by atoms with E-state index in [4.69, 9.17) is 21.6 Å². The number of nitrogens with one attached hydrogen (secondary N) is 2. The summed E-state index contributed by atoms with van der Waals surface area (Å²) in [4.78, 5) is 8.14. The summed E-state index contributed by atoms with van der Waals surface area (Å²) in [5.41, 5.74) is 0.988. The molecule has 2 bridgehead atoms. The van der Waals surface area contributed by atoms with Gasteiger partial charge in [0.15, 0.2) is 5.82 Å². The van der Waals surface area contributed by atoms with Crippen LogP contribution in [0.15, 0.2) is 24.5 Å². The molecule has 0 spiro atoms. The molecular weight excluding hydrogens is 354 g/mol. The fourth-order valence-electron chi connectivity index (χ4n) is 3.61. The van der Waals surface area contributed by atoms with E-state index in [1.165, 1.54) is 19.2 Å². The lowest BCUT2D eigenvalue weighted by molar-refractivity contribution is 0.127. The predicted molar refractivity (Wildman–Crippen MR) is 96.7 cm³/mol. The number of nitrogens with zero attached hydrogens (tertiary/aromatic N) is 3. The van der Waals surface area contributed by atoms with Crippen LogP contribution in [0.1, 0.15) is 31.2 Å². The molecule has 1 aromatic heterocycles. The summed E-state index contributed by atoms with van der Waals surface area (Å²) < 4.78 is 5.95. The minimum atomic E-state index is -0.154. The van der Waals surface area contributed by atoms with Crippen molar-refractivity contribution in [1.29, 1.82) is 5.26 Å². The molecule has 1 unspecified atom stereocenters. The first kappa shape index (κ1) is 16.9. The van der Waals surface area contributed by atoms with Crippen molar-refractivity contribution in [2.75, 3.05) is 5.32 Å². The number of hydrogen-bond acceptors (Lipinski definition) is 7. The van der Waals surface area contributed by atoms with Crippen LogP contribution in [0, 0.1) is 11.3 Å². The molecule has 2 fully saturated rings. The number of ether oxygens (including phenoxy) is 1. The zero-order chi connectivity index (χ0) is 18.1. The van der Waals surface area contributed by atoms with Gasteiger partial charge in [0.25, 0.3) is 5.88 Å². The molecule has 26 heavy (non-hydrogen) atoms. The molecule has 2 aliphatic heterocycles. The average molecular weight is 372 g/mol. The van der Waals surface area contributed by atoms with Gasteiger partial charge in [0.2, 0.25) is 5.75 Å². The van der Waals surface area contributed by atoms with Crippen LogP contribution in [0.5, 0.6) is 11.6 Å². The van der Waals surface area contributed by atoms with Gasteiger partial charge in [-0.2, -0.15) is 10.2 Å². The second kappa shape index (κ2) is 6.98. The summed E-state index contributed by atoms with van der Waals surface area (Å²) in [5, 5.41) is 26.3. The largest absolute Gasteiger partial charge is 0.501 e. The molecule has 0 radical (unpaired) electrons. The maximum Gasteiger partial charge on any atom is 0.262 e. The molecule has 2 aromatic rings. The number of halogens is 1. The van der Waals surface area contributed by atoms with Crippen molar-refractivity contribution in [2.24, 2.45) is 0 Å². The van der Waals surface area contributed by atoms with Gasteiger partial charge < -0.3 is 20.5 Å². The minimum Gasteiger partial charge on any atom is -0.501 e. The van der Waals surface area contributed by atoms with Crippen molar-refractivity contribution in [3.63, 3.8) is 0 Å². The Kier molecular flexibility index (Phi) is 4.53. The van der Waals surface area contributed by atoms with Gasteiger partial charge in [-0.3, -0.25) is 0 Å². The van der Waals surface area contributed by atoms with Gasteiger partial charge in [-0.15, -0.1) is 0 Å². The lowest BCUT2D eigenvalue weighted by Crippen LogP contribution is -2.42. The fourth-order valence-corrected chi connectivity index (χ4v) is 3.84. The highest BCUT2D eigenvalue weighted by molar-refractivity contribution is 6.33. The topological polar surface area (TPSA) is 103 Å². The number of hydrogen-bond donors (Lipinski definition) is 3. The number of rotatable bonds is 4. The van der Waals surface area contributed by atoms with Gasteiger partial charge in [-0.25, -0.2) is 4.98 Å². The Morgan fingerprint density at radius 3 is 2.73 bits per heavy atom. The quantitative estimate of drug-likeness (QED) is 0.758. The van der Waals surface area contributed by atoms with E-state index in [1.54, 1.807) is 18.2 Å². The van der Waals surface area contributed by atoms with Crippen molar-refractivity contribution >= 4 is 23.1 Å². The third-order valence-corrected chi connectivity index (χ3v) is 5.16. The van der Waals surface area contributed by atoms with Gasteiger partial charge in [-0.05, 0) is 43.9 Å². The number of piperidine rings is 1. The van der Waals surface area contributed by atoms with Crippen molar-refractivity contribution in [3.8, 4) is 17.7 Å². The predicted octanol–water partition coefficient (Wildman–Crippen LogP) is 3.11. The SMILES string of the molecule is N#Cc1ccc(Nc2ncnc(O[C@H]3CC4CC[C@@H](C3)N4)c2O)c(Cl)c1. The highest BCUT2D eigenvalue weighted by atomic mass is 35.5. The van der Waals surface area contributed by atoms with Crippen molar-refractivity contribution in [1.82, 2.24) is 15.3 Å². The monoisotopic (exact) mass is 371 g/mol. The van der Waals surface area contributed by atoms with Crippen molar-refractivity contribution in [2.45, 2.75) is 43.9 Å². The van der Waals surface area contributed by atoms with E-state index in [9.17, 15) is 5.11 Å². The second-order valence-electron chi connectivity index (χ2n) is 6.66. The van der Waals surface area contributed by atoms with Gasteiger partial charge in [0, 0.05) is 12.1 Å². The summed E-state index contributed by atoms with van der Waals surface area (Å²) in [6.07, 6.45) is 5.52. The Hall–Kier alpha value is -2.56. The van der Waals surface area contributed by atoms with Crippen LogP contribution in [0.4, 0.5) is 11.5 Å². The second-order valence-corrected chi connectivity index (χ2v) is 7.06. The zero-order valence-corrected chi connectivity index (χ0v) is 14.7. The average Bonchev–Trinajstić information content (AvgIpc) is 2.98. The summed E-state index contributed by atoms with van der Waals surface area (Å²) in [5.74, 6) is 0.218. The highest BCUT2D eigenvalue weighted by Gasteiger charge is 2.35. The van der Waals surface area contributed by atoms with Crippen LogP contribution in [-0.2, 0) is 0 Å². The standard InChI is InChI=1S/C18H18ClN5O2/c19-14-5-10(8-20)1-4-15(14)24-17-16(25)18(22-9-21-17)26-13-6-11-2-3-12(7-13)23-11/h1,4-5,9,11-13,23,25H,2-3,6-7H2,(H,21,22,24)/t11-,12?,13+/m0/s1. The van der Waals surface area contributed by atoms with E-state index in [0.29, 0.717) is 28.4 Å². The summed E-state index contributed by atoms with van der Waals surface area (Å²) in [7, 11) is 0. The molecule has 2 aliphatic rings. The molecule has 3 N–H and O–H groups in total. The molecule has 2 saturated heterocycles. The molecule has 7 nitrogen and oxygen atoms in total. The Morgan fingerprint density at radius 1 is 1.27 bits per heavy atom. The first-order chi connectivity index (χ1) is 12.6. The Balaban J connectivity index is 1.51. The van der Waals surface area contributed by atoms with E-state index < -0.39 is 0 Å². The van der Waals surface area contributed by atoms with Gasteiger partial charge in [-0.1, -0.05) is 11.6 Å². The Morgan fingerprint density at radius 2 is 2.04 bits per heavy atom. The highest BCUT2D eigenvalue weighted by Crippen LogP contribution is 2.36. The smallest absolute Gasteiger partial charge is 0.262 e. The number of aromatic nitrogens is 2. The molecule has 4 rings (SSSR count). The normalized spacial score (nSPS) is 24.1. The number of aromatic hydroxyl groups is 1. The van der Waals surface area contributed by atoms with E-state index >= 15 is 0 Å². The first-order valence-electron chi connectivity index (χ1n) is 8.55. The summed E-state index contributed by atoms with van der Waals surface area (Å²) in [6.45, 7) is 0. The molecular formula is C18H18ClN5O2. The number of benzene rings is 1. The molecule has 8 heteroatoms. The summed E-state index contributed by atoms with van der Waals surface area (Å²) >= 11 is 6.17. The van der Waals surface area contributed by atoms with E-state index in [2.05, 4.69) is 20.6 Å². The molecule has 0 amide bonds. The molecule has 3 heterocycles. The van der Waals surface area contributed by atoms with E-state index in [1.807, 2.05) is 6.07 Å². The van der Waals surface area contributed by atoms with Gasteiger partial charge in [0.1, 0.15) is 12.4 Å².